The van der Waals surface area contributed by atoms with Gasteiger partial charge in [-0.25, -0.2) is 10.0 Å². The first-order chi connectivity index (χ1) is 16.0. The van der Waals surface area contributed by atoms with Crippen molar-refractivity contribution in [1.82, 2.24) is 10.3 Å². The molecule has 3 N–H and O–H groups in total. The summed E-state index contributed by atoms with van der Waals surface area (Å²) in [5, 5.41) is 5.73. The highest BCUT2D eigenvalue weighted by Crippen LogP contribution is 2.42. The molecule has 8 heteroatoms. The van der Waals surface area contributed by atoms with Crippen LogP contribution in [0.25, 0.3) is 0 Å². The first-order valence-corrected chi connectivity index (χ1v) is 12.3. The largest absolute Gasteiger partial charge is 0.335 e. The van der Waals surface area contributed by atoms with Gasteiger partial charge in [0.2, 0.25) is 0 Å². The Hall–Kier alpha value is -2.35. The van der Waals surface area contributed by atoms with Gasteiger partial charge in [0, 0.05) is 33.0 Å². The van der Waals surface area contributed by atoms with Gasteiger partial charge >= 0.3 is 0 Å². The third kappa shape index (κ3) is 4.67. The van der Waals surface area contributed by atoms with Crippen LogP contribution in [-0.2, 0) is 0 Å². The molecule has 1 fully saturated rings. The van der Waals surface area contributed by atoms with Crippen LogP contribution in [0.3, 0.4) is 0 Å². The van der Waals surface area contributed by atoms with Gasteiger partial charge in [0.15, 0.2) is 0 Å². The number of benzene rings is 3. The Kier molecular flexibility index (Phi) is 6.45. The van der Waals surface area contributed by atoms with Crippen LogP contribution >= 0.6 is 35.0 Å². The molecule has 0 saturated carbocycles. The quantitative estimate of drug-likeness (QED) is 0.339. The normalized spacial score (nSPS) is 18.0. The van der Waals surface area contributed by atoms with E-state index in [-0.39, 0.29) is 12.1 Å². The van der Waals surface area contributed by atoms with Crippen molar-refractivity contribution in [3.05, 3.63) is 87.4 Å². The minimum absolute atomic E-state index is 0.154. The number of nitrogens with two attached hydrogens (primary N) is 1. The molecule has 1 saturated heterocycles. The number of rotatable bonds is 3. The van der Waals surface area contributed by atoms with Crippen molar-refractivity contribution in [3.63, 3.8) is 0 Å². The lowest BCUT2D eigenvalue weighted by Crippen LogP contribution is -2.53. The van der Waals surface area contributed by atoms with Crippen LogP contribution in [0.5, 0.6) is 0 Å². The number of carbonyl (C=O) groups excluding carboxylic acids is 1. The Morgan fingerprint density at radius 2 is 1.88 bits per heavy atom. The Balaban J connectivity index is 1.54. The molecule has 1 atom stereocenters. The number of amides is 1. The summed E-state index contributed by atoms with van der Waals surface area (Å²) < 4.78 is 0. The van der Waals surface area contributed by atoms with Crippen LogP contribution in [0.2, 0.25) is 10.0 Å². The monoisotopic (exact) mass is 496 g/mol. The molecule has 3 aromatic rings. The van der Waals surface area contributed by atoms with E-state index < -0.39 is 0 Å². The molecule has 2 aliphatic rings. The molecule has 3 aromatic carbocycles. The van der Waals surface area contributed by atoms with Crippen LogP contribution in [0.1, 0.15) is 40.7 Å². The second kappa shape index (κ2) is 9.49. The highest BCUT2D eigenvalue weighted by atomic mass is 35.5. The van der Waals surface area contributed by atoms with E-state index in [9.17, 15) is 4.79 Å². The van der Waals surface area contributed by atoms with Gasteiger partial charge in [-0.05, 0) is 55.7 Å². The van der Waals surface area contributed by atoms with Crippen molar-refractivity contribution >= 4 is 52.3 Å². The highest BCUT2D eigenvalue weighted by molar-refractivity contribution is 7.99. The van der Waals surface area contributed by atoms with E-state index in [1.165, 1.54) is 0 Å². The average Bonchev–Trinajstić information content (AvgIpc) is 2.98. The summed E-state index contributed by atoms with van der Waals surface area (Å²) in [6.07, 6.45) is 2.79. The number of aliphatic imine (C=N–C) groups is 1. The van der Waals surface area contributed by atoms with Crippen molar-refractivity contribution in [2.45, 2.75) is 35.2 Å². The molecule has 33 heavy (non-hydrogen) atoms. The molecule has 0 radical (unpaired) electrons. The smallest absolute Gasteiger partial charge is 0.252 e. The zero-order valence-electron chi connectivity index (χ0n) is 17.7. The predicted molar refractivity (Wildman–Crippen MR) is 135 cm³/mol. The van der Waals surface area contributed by atoms with Gasteiger partial charge in [0.05, 0.1) is 27.6 Å². The number of hydrogen-bond acceptors (Lipinski definition) is 5. The summed E-state index contributed by atoms with van der Waals surface area (Å²) in [5.74, 6) is 5.91. The van der Waals surface area contributed by atoms with Crippen LogP contribution in [-0.4, -0.2) is 29.3 Å². The fourth-order valence-electron chi connectivity index (χ4n) is 4.09. The molecule has 168 valence electrons. The average molecular weight is 497 g/mol. The number of hydrogen-bond donors (Lipinski definition) is 2. The molecule has 2 aliphatic heterocycles. The summed E-state index contributed by atoms with van der Waals surface area (Å²) in [6.45, 7) is 0.779. The maximum atomic E-state index is 13.0. The number of nitrogens with one attached hydrogen (secondary N) is 1. The minimum atomic E-state index is -0.154. The Labute approximate surface area is 206 Å². The van der Waals surface area contributed by atoms with Crippen molar-refractivity contribution in [2.75, 3.05) is 6.54 Å². The Morgan fingerprint density at radius 3 is 2.70 bits per heavy atom. The van der Waals surface area contributed by atoms with Gasteiger partial charge in [0.25, 0.3) is 5.91 Å². The molecule has 0 aliphatic carbocycles. The summed E-state index contributed by atoms with van der Waals surface area (Å²) >= 11 is 14.1. The zero-order chi connectivity index (χ0) is 22.9. The highest BCUT2D eigenvalue weighted by Gasteiger charge is 2.24. The third-order valence-electron chi connectivity index (χ3n) is 5.85. The second-order valence-electron chi connectivity index (χ2n) is 8.09. The van der Waals surface area contributed by atoms with Crippen LogP contribution in [0.4, 0.5) is 5.69 Å². The lowest BCUT2D eigenvalue weighted by Gasteiger charge is -2.32. The molecule has 0 bridgehead atoms. The number of nitrogens with zero attached hydrogens (tertiary/aromatic N) is 2. The summed E-state index contributed by atoms with van der Waals surface area (Å²) in [6, 6.07) is 19.3. The summed E-state index contributed by atoms with van der Waals surface area (Å²) in [4.78, 5) is 20.1. The van der Waals surface area contributed by atoms with Crippen molar-refractivity contribution in [1.29, 1.82) is 0 Å². The SMILES string of the molecule is NN1CCCCC1NC(=O)c1ccc2c(c1)N=C(c1ccc(Cl)c(Cl)c1)c1ccccc1S2. The second-order valence-corrected chi connectivity index (χ2v) is 9.99. The Bertz CT molecular complexity index is 1260. The molecule has 5 nitrogen and oxygen atoms in total. The number of carbonyl (C=O) groups is 1. The maximum Gasteiger partial charge on any atom is 0.252 e. The van der Waals surface area contributed by atoms with Gasteiger partial charge in [0.1, 0.15) is 0 Å². The number of hydrazine groups is 1. The molecular formula is C25H22Cl2N4OS. The van der Waals surface area contributed by atoms with Crippen LogP contribution in [0, 0.1) is 0 Å². The molecule has 0 spiro atoms. The van der Waals surface area contributed by atoms with E-state index in [2.05, 4.69) is 11.4 Å². The predicted octanol–water partition coefficient (Wildman–Crippen LogP) is 6.04. The van der Waals surface area contributed by atoms with Gasteiger partial charge in [-0.1, -0.05) is 59.2 Å². The number of piperidine rings is 1. The molecular weight excluding hydrogens is 475 g/mol. The lowest BCUT2D eigenvalue weighted by atomic mass is 10.0. The summed E-state index contributed by atoms with van der Waals surface area (Å²) in [7, 11) is 0. The van der Waals surface area contributed by atoms with E-state index >= 15 is 0 Å². The van der Waals surface area contributed by atoms with Crippen molar-refractivity contribution in [2.24, 2.45) is 10.8 Å². The van der Waals surface area contributed by atoms with Crippen LogP contribution in [0.15, 0.2) is 75.4 Å². The maximum absolute atomic E-state index is 13.0. The zero-order valence-corrected chi connectivity index (χ0v) is 20.1. The van der Waals surface area contributed by atoms with E-state index in [4.69, 9.17) is 34.0 Å². The standard InChI is InChI=1S/C25H22Cl2N4OS/c26-18-10-8-15(13-19(18)27)24-17-5-1-2-6-21(17)33-22-11-9-16(14-20(22)29-24)25(32)30-23-7-3-4-12-31(23)28/h1-2,5-6,8-11,13-14,23H,3-4,7,12,28H2,(H,30,32). The van der Waals surface area contributed by atoms with Gasteiger partial charge < -0.3 is 5.32 Å². The van der Waals surface area contributed by atoms with Gasteiger partial charge in [-0.3, -0.25) is 10.6 Å². The lowest BCUT2D eigenvalue weighted by molar-refractivity contribution is 0.0775. The molecule has 1 amide bonds. The first-order valence-electron chi connectivity index (χ1n) is 10.8. The van der Waals surface area contributed by atoms with Gasteiger partial charge in [-0.2, -0.15) is 0 Å². The van der Waals surface area contributed by atoms with Crippen molar-refractivity contribution < 1.29 is 4.79 Å². The van der Waals surface area contributed by atoms with E-state index in [0.717, 1.165) is 58.1 Å². The molecule has 0 aromatic heterocycles. The summed E-state index contributed by atoms with van der Waals surface area (Å²) in [5.41, 5.74) is 3.94. The molecule has 5 rings (SSSR count). The first kappa shape index (κ1) is 22.4. The van der Waals surface area contributed by atoms with E-state index in [1.807, 2.05) is 48.5 Å². The van der Waals surface area contributed by atoms with Crippen molar-refractivity contribution in [3.8, 4) is 0 Å². The fraction of sp³-hybridized carbons (Fsp3) is 0.200. The molecule has 1 unspecified atom stereocenters. The topological polar surface area (TPSA) is 70.7 Å². The van der Waals surface area contributed by atoms with Crippen LogP contribution < -0.4 is 11.2 Å². The number of halogens is 2. The van der Waals surface area contributed by atoms with E-state index in [0.29, 0.717) is 15.6 Å². The molecule has 2 heterocycles. The number of fused-ring (bicyclic) bond motifs is 2. The van der Waals surface area contributed by atoms with E-state index in [1.54, 1.807) is 22.8 Å². The fourth-order valence-corrected chi connectivity index (χ4v) is 5.39. The third-order valence-corrected chi connectivity index (χ3v) is 7.73. The van der Waals surface area contributed by atoms with Gasteiger partial charge in [-0.15, -0.1) is 0 Å². The Morgan fingerprint density at radius 1 is 1.03 bits per heavy atom. The minimum Gasteiger partial charge on any atom is -0.335 e.